The van der Waals surface area contributed by atoms with Crippen molar-refractivity contribution in [2.24, 2.45) is 22.2 Å². The van der Waals surface area contributed by atoms with Crippen LogP contribution in [0.1, 0.15) is 120 Å². The number of hydrogen-bond acceptors (Lipinski definition) is 4. The highest BCUT2D eigenvalue weighted by molar-refractivity contribution is 8.00. The monoisotopic (exact) mass is 538 g/mol. The Morgan fingerprint density at radius 3 is 1.53 bits per heavy atom. The van der Waals surface area contributed by atoms with E-state index in [1.54, 1.807) is 0 Å². The van der Waals surface area contributed by atoms with Crippen LogP contribution >= 0.6 is 0 Å². The van der Waals surface area contributed by atoms with E-state index in [0.717, 1.165) is 12.8 Å². The van der Waals surface area contributed by atoms with E-state index in [1.165, 1.54) is 12.8 Å². The Balaban J connectivity index is 0.000000274. The topological polar surface area (TPSA) is 77.8 Å². The minimum absolute atomic E-state index is 0.0278. The summed E-state index contributed by atoms with van der Waals surface area (Å²) < 4.78 is 36.5. The van der Waals surface area contributed by atoms with Gasteiger partial charge in [0.05, 0.1) is 17.3 Å². The van der Waals surface area contributed by atoms with Crippen LogP contribution in [0.3, 0.4) is 0 Å². The van der Waals surface area contributed by atoms with E-state index in [-0.39, 0.29) is 29.8 Å². The second-order valence-corrected chi connectivity index (χ2v) is 18.4. The van der Waals surface area contributed by atoms with E-state index in [2.05, 4.69) is 47.4 Å². The molecule has 0 aromatic rings. The molecule has 3 fully saturated rings. The van der Waals surface area contributed by atoms with Crippen LogP contribution < -0.4 is 0 Å². The zero-order valence-corrected chi connectivity index (χ0v) is 25.4. The van der Waals surface area contributed by atoms with Crippen molar-refractivity contribution in [2.45, 2.75) is 143 Å². The molecule has 3 aliphatic rings. The van der Waals surface area contributed by atoms with E-state index in [4.69, 9.17) is 0 Å². The van der Waals surface area contributed by atoms with Crippen molar-refractivity contribution < 1.29 is 28.3 Å². The van der Waals surface area contributed by atoms with E-state index in [9.17, 15) is 28.3 Å². The molecule has 1 aliphatic heterocycles. The van der Waals surface area contributed by atoms with Crippen LogP contribution in [0.5, 0.6) is 0 Å². The summed E-state index contributed by atoms with van der Waals surface area (Å²) in [5.74, 6) is 2.89. The lowest BCUT2D eigenvalue weighted by Crippen LogP contribution is -2.53. The average Bonchev–Trinajstić information content (AvgIpc) is 3.37. The molecule has 216 valence electrons. The predicted octanol–water partition coefficient (Wildman–Crippen LogP) is 6.44. The Morgan fingerprint density at radius 1 is 0.833 bits per heavy atom. The predicted molar refractivity (Wildman–Crippen MR) is 149 cm³/mol. The molecule has 2 aliphatic carbocycles. The summed E-state index contributed by atoms with van der Waals surface area (Å²) >= 11 is 0. The molecule has 1 heterocycles. The summed E-state index contributed by atoms with van der Waals surface area (Å²) in [6, 6.07) is 0. The first-order valence-corrected chi connectivity index (χ1v) is 15.6. The second-order valence-electron chi connectivity index (χ2n) is 15.7. The number of rotatable bonds is 4. The summed E-state index contributed by atoms with van der Waals surface area (Å²) in [6.45, 7) is 18.8. The fraction of sp³-hybridized carbons (Fsp3) is 0.966. The third kappa shape index (κ3) is 14.6. The maximum absolute atomic E-state index is 12.4. The fourth-order valence-electron chi connectivity index (χ4n) is 5.44. The summed E-state index contributed by atoms with van der Waals surface area (Å²) in [5.41, 5.74) is -1.36. The number of halogens is 2. The lowest BCUT2D eigenvalue weighted by atomic mass is 9.68. The summed E-state index contributed by atoms with van der Waals surface area (Å²) in [6.07, 6.45) is 5.23. The Morgan fingerprint density at radius 2 is 1.22 bits per heavy atom. The van der Waals surface area contributed by atoms with Gasteiger partial charge in [0.25, 0.3) is 5.92 Å². The van der Waals surface area contributed by atoms with E-state index in [1.807, 2.05) is 20.8 Å². The largest absolute Gasteiger partial charge is 0.393 e. The van der Waals surface area contributed by atoms with E-state index < -0.39 is 26.6 Å². The van der Waals surface area contributed by atoms with Crippen LogP contribution in [-0.4, -0.2) is 60.1 Å². The van der Waals surface area contributed by atoms with Crippen LogP contribution in [0.15, 0.2) is 0 Å². The van der Waals surface area contributed by atoms with Gasteiger partial charge in [-0.1, -0.05) is 62.3 Å². The van der Waals surface area contributed by atoms with Gasteiger partial charge in [-0.25, -0.2) is 8.78 Å². The molecule has 0 bridgehead atoms. The molecule has 3 rings (SSSR count). The van der Waals surface area contributed by atoms with Crippen LogP contribution in [0.25, 0.3) is 0 Å². The van der Waals surface area contributed by atoms with Gasteiger partial charge in [-0.15, -0.1) is 0 Å². The lowest BCUT2D eigenvalue weighted by Gasteiger charge is -2.46. The quantitative estimate of drug-likeness (QED) is 0.360. The van der Waals surface area contributed by atoms with Gasteiger partial charge in [0.1, 0.15) is 0 Å². The standard InChI is InChI=1S/C11H22O2S.C9H16F2O.C9H18O/c1-10(2,3)9-11(12)5-7-14(4,13)8-6-11;1-7(2,3)4-8(12)5-9(10,11)6-8;1-9(2,3)6-8(10)7-4-5-7/h12H,4-9H2,1-3H3;12H,4-6H2,1-3H3;7-8,10H,4-6H2,1-3H3. The second kappa shape index (κ2) is 11.5. The van der Waals surface area contributed by atoms with Gasteiger partial charge in [-0.2, -0.15) is 0 Å². The Labute approximate surface area is 220 Å². The molecule has 4 nitrogen and oxygen atoms in total. The number of aliphatic hydroxyl groups excluding tert-OH is 1. The van der Waals surface area contributed by atoms with Crippen LogP contribution in [-0.2, 0) is 9.52 Å². The van der Waals surface area contributed by atoms with Crippen molar-refractivity contribution in [1.82, 2.24) is 0 Å². The zero-order chi connectivity index (χ0) is 28.4. The SMILES string of the molecule is C=S1(=O)CCC(O)(CC(C)(C)C)CC1.CC(C)(C)CC(O)C1CC1.CC(C)(C)CC1(O)CC(F)(F)C1. The molecule has 0 aromatic heterocycles. The third-order valence-corrected chi connectivity index (χ3v) is 8.66. The zero-order valence-electron chi connectivity index (χ0n) is 24.6. The molecule has 7 heteroatoms. The molecule has 3 N–H and O–H groups in total. The Hall–Kier alpha value is -0.240. The van der Waals surface area contributed by atoms with Crippen LogP contribution in [0.2, 0.25) is 0 Å². The third-order valence-electron chi connectivity index (χ3n) is 6.76. The van der Waals surface area contributed by atoms with Gasteiger partial charge in [-0.05, 0) is 82.5 Å². The van der Waals surface area contributed by atoms with Crippen LogP contribution in [0, 0.1) is 22.2 Å². The van der Waals surface area contributed by atoms with Gasteiger partial charge in [0, 0.05) is 24.3 Å². The highest BCUT2D eigenvalue weighted by Gasteiger charge is 2.56. The molecule has 0 radical (unpaired) electrons. The lowest BCUT2D eigenvalue weighted by molar-refractivity contribution is -0.215. The maximum atomic E-state index is 12.4. The molecule has 2 saturated carbocycles. The summed E-state index contributed by atoms with van der Waals surface area (Å²) in [5, 5.41) is 29.4. The first-order chi connectivity index (χ1) is 15.7. The molecule has 0 spiro atoms. The Bertz CT molecular complexity index is 775. The van der Waals surface area contributed by atoms with Gasteiger partial charge in [-0.3, -0.25) is 4.21 Å². The summed E-state index contributed by atoms with van der Waals surface area (Å²) in [7, 11) is -1.87. The Kier molecular flexibility index (Phi) is 10.8. The van der Waals surface area contributed by atoms with Gasteiger partial charge >= 0.3 is 0 Å². The summed E-state index contributed by atoms with van der Waals surface area (Å²) in [4.78, 5) is 0. The molecule has 1 saturated heterocycles. The highest BCUT2D eigenvalue weighted by Crippen LogP contribution is 2.50. The van der Waals surface area contributed by atoms with E-state index >= 15 is 0 Å². The average molecular weight is 539 g/mol. The minimum atomic E-state index is -2.62. The molecular weight excluding hydrogens is 482 g/mol. The smallest absolute Gasteiger partial charge is 0.253 e. The van der Waals surface area contributed by atoms with Crippen molar-refractivity contribution >= 4 is 15.4 Å². The van der Waals surface area contributed by atoms with Crippen molar-refractivity contribution in [2.75, 3.05) is 11.5 Å². The number of hydrogen-bond donors (Lipinski definition) is 3. The molecule has 36 heavy (non-hydrogen) atoms. The molecular formula is C29H56F2O4S. The maximum Gasteiger partial charge on any atom is 0.253 e. The van der Waals surface area contributed by atoms with Crippen molar-refractivity contribution in [3.63, 3.8) is 0 Å². The molecule has 1 atom stereocenters. The van der Waals surface area contributed by atoms with E-state index in [0.29, 0.717) is 42.1 Å². The van der Waals surface area contributed by atoms with Crippen molar-refractivity contribution in [3.05, 3.63) is 0 Å². The number of alkyl halides is 2. The van der Waals surface area contributed by atoms with Gasteiger partial charge in [0.2, 0.25) is 0 Å². The first-order valence-electron chi connectivity index (χ1n) is 13.6. The minimum Gasteiger partial charge on any atom is -0.393 e. The van der Waals surface area contributed by atoms with Crippen molar-refractivity contribution in [1.29, 1.82) is 0 Å². The molecule has 0 aromatic carbocycles. The number of aliphatic hydroxyl groups is 3. The van der Waals surface area contributed by atoms with Crippen LogP contribution in [0.4, 0.5) is 8.78 Å². The first kappa shape index (κ1) is 33.8. The van der Waals surface area contributed by atoms with Crippen molar-refractivity contribution in [3.8, 4) is 0 Å². The fourth-order valence-corrected chi connectivity index (χ4v) is 7.15. The molecule has 0 amide bonds. The normalized spacial score (nSPS) is 30.6. The van der Waals surface area contributed by atoms with Gasteiger partial charge in [0.15, 0.2) is 0 Å². The highest BCUT2D eigenvalue weighted by atomic mass is 32.2. The van der Waals surface area contributed by atoms with Gasteiger partial charge < -0.3 is 15.3 Å². The molecule has 1 unspecified atom stereocenters.